The first-order valence-electron chi connectivity index (χ1n) is 6.25. The number of hydrogen-bond acceptors (Lipinski definition) is 6. The maximum Gasteiger partial charge on any atom is 0.229 e. The summed E-state index contributed by atoms with van der Waals surface area (Å²) in [7, 11) is 2.09. The third kappa shape index (κ3) is 4.29. The topological polar surface area (TPSA) is 58.1 Å². The van der Waals surface area contributed by atoms with Gasteiger partial charge in [0.2, 0.25) is 11.0 Å². The second-order valence-corrected chi connectivity index (χ2v) is 6.78. The Kier molecular flexibility index (Phi) is 5.35. The predicted octanol–water partition coefficient (Wildman–Crippen LogP) is 2.10. The van der Waals surface area contributed by atoms with Crippen molar-refractivity contribution in [3.63, 3.8) is 0 Å². The number of thioether (sulfide) groups is 1. The zero-order valence-corrected chi connectivity index (χ0v) is 12.6. The van der Waals surface area contributed by atoms with Crippen LogP contribution < -0.4 is 5.32 Å². The SMILES string of the molecule is C=CCSc1nnc(NC(=O)C2CCN(C)CC2)s1. The van der Waals surface area contributed by atoms with E-state index in [-0.39, 0.29) is 11.8 Å². The number of amides is 1. The predicted molar refractivity (Wildman–Crippen MR) is 79.7 cm³/mol. The summed E-state index contributed by atoms with van der Waals surface area (Å²) in [6, 6.07) is 0. The van der Waals surface area contributed by atoms with E-state index in [4.69, 9.17) is 0 Å². The smallest absolute Gasteiger partial charge is 0.229 e. The van der Waals surface area contributed by atoms with Gasteiger partial charge in [-0.2, -0.15) is 0 Å². The number of anilines is 1. The minimum Gasteiger partial charge on any atom is -0.306 e. The molecule has 0 radical (unpaired) electrons. The van der Waals surface area contributed by atoms with Crippen molar-refractivity contribution in [2.75, 3.05) is 31.2 Å². The van der Waals surface area contributed by atoms with Crippen molar-refractivity contribution in [1.29, 1.82) is 0 Å². The first-order chi connectivity index (χ1) is 9.19. The van der Waals surface area contributed by atoms with E-state index in [1.807, 2.05) is 6.08 Å². The monoisotopic (exact) mass is 298 g/mol. The molecular formula is C12H18N4OS2. The van der Waals surface area contributed by atoms with E-state index in [2.05, 4.69) is 34.0 Å². The van der Waals surface area contributed by atoms with Crippen LogP contribution in [0.15, 0.2) is 17.0 Å². The second kappa shape index (κ2) is 7.02. The summed E-state index contributed by atoms with van der Waals surface area (Å²) < 4.78 is 0.860. The van der Waals surface area contributed by atoms with Crippen molar-refractivity contribution in [2.24, 2.45) is 5.92 Å². The molecule has 1 aromatic rings. The minimum absolute atomic E-state index is 0.0736. The molecule has 19 heavy (non-hydrogen) atoms. The number of likely N-dealkylation sites (tertiary alicyclic amines) is 1. The molecule has 1 saturated heterocycles. The summed E-state index contributed by atoms with van der Waals surface area (Å²) >= 11 is 2.99. The van der Waals surface area contributed by atoms with E-state index in [1.54, 1.807) is 11.8 Å². The van der Waals surface area contributed by atoms with Crippen molar-refractivity contribution in [3.8, 4) is 0 Å². The lowest BCUT2D eigenvalue weighted by Gasteiger charge is -2.27. The summed E-state index contributed by atoms with van der Waals surface area (Å²) in [5.74, 6) is 0.978. The highest BCUT2D eigenvalue weighted by atomic mass is 32.2. The fourth-order valence-electron chi connectivity index (χ4n) is 1.93. The number of nitrogens with zero attached hydrogens (tertiary/aromatic N) is 3. The Bertz CT molecular complexity index is 441. The summed E-state index contributed by atoms with van der Waals surface area (Å²) in [5, 5.41) is 11.5. The molecule has 0 aromatic carbocycles. The first-order valence-corrected chi connectivity index (χ1v) is 8.06. The molecule has 0 unspecified atom stereocenters. The number of rotatable bonds is 5. The van der Waals surface area contributed by atoms with Crippen LogP contribution in [0.25, 0.3) is 0 Å². The molecule has 1 aliphatic heterocycles. The quantitative estimate of drug-likeness (QED) is 0.512. The van der Waals surface area contributed by atoms with E-state index in [0.717, 1.165) is 36.0 Å². The number of aromatic nitrogens is 2. The zero-order chi connectivity index (χ0) is 13.7. The number of nitrogens with one attached hydrogen (secondary N) is 1. The van der Waals surface area contributed by atoms with E-state index in [9.17, 15) is 4.79 Å². The molecule has 5 nitrogen and oxygen atoms in total. The maximum atomic E-state index is 12.1. The largest absolute Gasteiger partial charge is 0.306 e. The molecule has 2 heterocycles. The van der Waals surface area contributed by atoms with Crippen molar-refractivity contribution in [1.82, 2.24) is 15.1 Å². The number of carbonyl (C=O) groups excluding carboxylic acids is 1. The summed E-state index contributed by atoms with van der Waals surface area (Å²) in [6.45, 7) is 5.62. The molecule has 7 heteroatoms. The van der Waals surface area contributed by atoms with Gasteiger partial charge in [-0.25, -0.2) is 0 Å². The van der Waals surface area contributed by atoms with E-state index in [0.29, 0.717) is 5.13 Å². The van der Waals surface area contributed by atoms with Crippen LogP contribution in [0.4, 0.5) is 5.13 Å². The molecule has 0 bridgehead atoms. The Labute approximate surface area is 121 Å². The molecule has 1 amide bonds. The van der Waals surface area contributed by atoms with Crippen LogP contribution in [0.3, 0.4) is 0 Å². The molecule has 0 atom stereocenters. The highest BCUT2D eigenvalue weighted by Crippen LogP contribution is 2.26. The van der Waals surface area contributed by atoms with Gasteiger partial charge in [-0.3, -0.25) is 4.79 Å². The van der Waals surface area contributed by atoms with Crippen LogP contribution in [0, 0.1) is 5.92 Å². The molecule has 0 aliphatic carbocycles. The van der Waals surface area contributed by atoms with Crippen LogP contribution >= 0.6 is 23.1 Å². The van der Waals surface area contributed by atoms with Gasteiger partial charge in [0.15, 0.2) is 4.34 Å². The number of hydrogen-bond donors (Lipinski definition) is 1. The van der Waals surface area contributed by atoms with E-state index < -0.39 is 0 Å². The summed E-state index contributed by atoms with van der Waals surface area (Å²) in [5.41, 5.74) is 0. The van der Waals surface area contributed by atoms with Gasteiger partial charge in [0, 0.05) is 11.7 Å². The maximum absolute atomic E-state index is 12.1. The Balaban J connectivity index is 1.84. The first kappa shape index (κ1) is 14.5. The normalized spacial score (nSPS) is 17.3. The summed E-state index contributed by atoms with van der Waals surface area (Å²) in [6.07, 6.45) is 3.65. The van der Waals surface area contributed by atoms with Crippen LogP contribution in [0.1, 0.15) is 12.8 Å². The van der Waals surface area contributed by atoms with Crippen molar-refractivity contribution in [2.45, 2.75) is 17.2 Å². The minimum atomic E-state index is 0.0736. The highest BCUT2D eigenvalue weighted by Gasteiger charge is 2.24. The fraction of sp³-hybridized carbons (Fsp3) is 0.583. The van der Waals surface area contributed by atoms with Gasteiger partial charge in [0.1, 0.15) is 0 Å². The lowest BCUT2D eigenvalue weighted by atomic mass is 9.96. The Morgan fingerprint density at radius 1 is 1.58 bits per heavy atom. The molecule has 1 N–H and O–H groups in total. The number of piperidine rings is 1. The van der Waals surface area contributed by atoms with E-state index >= 15 is 0 Å². The van der Waals surface area contributed by atoms with Crippen molar-refractivity contribution in [3.05, 3.63) is 12.7 Å². The van der Waals surface area contributed by atoms with Crippen molar-refractivity contribution < 1.29 is 4.79 Å². The standard InChI is InChI=1S/C12H18N4OS2/c1-3-8-18-12-15-14-11(19-12)13-10(17)9-4-6-16(2)7-5-9/h3,9H,1,4-8H2,2H3,(H,13,14,17). The van der Waals surface area contributed by atoms with Gasteiger partial charge < -0.3 is 10.2 Å². The van der Waals surface area contributed by atoms with Crippen molar-refractivity contribution >= 4 is 34.1 Å². The van der Waals surface area contributed by atoms with Gasteiger partial charge in [-0.1, -0.05) is 29.2 Å². The van der Waals surface area contributed by atoms with Crippen LogP contribution in [0.5, 0.6) is 0 Å². The second-order valence-electron chi connectivity index (χ2n) is 4.54. The van der Waals surface area contributed by atoms with Gasteiger partial charge >= 0.3 is 0 Å². The summed E-state index contributed by atoms with van der Waals surface area (Å²) in [4.78, 5) is 14.3. The molecule has 104 valence electrons. The average molecular weight is 298 g/mol. The average Bonchev–Trinajstić information content (AvgIpc) is 2.84. The Morgan fingerprint density at radius 3 is 3.00 bits per heavy atom. The fourth-order valence-corrected chi connectivity index (χ4v) is 3.44. The van der Waals surface area contributed by atoms with Gasteiger partial charge in [0.25, 0.3) is 0 Å². The zero-order valence-electron chi connectivity index (χ0n) is 11.0. The third-order valence-corrected chi connectivity index (χ3v) is 5.02. The third-order valence-electron chi connectivity index (χ3n) is 3.05. The molecule has 1 fully saturated rings. The van der Waals surface area contributed by atoms with Crippen LogP contribution in [-0.2, 0) is 4.79 Å². The lowest BCUT2D eigenvalue weighted by Crippen LogP contribution is -2.35. The molecule has 0 spiro atoms. The molecule has 2 rings (SSSR count). The Hall–Kier alpha value is -0.920. The highest BCUT2D eigenvalue weighted by molar-refractivity contribution is 8.01. The number of carbonyl (C=O) groups is 1. The van der Waals surface area contributed by atoms with Gasteiger partial charge in [-0.15, -0.1) is 16.8 Å². The molecule has 1 aromatic heterocycles. The van der Waals surface area contributed by atoms with Crippen LogP contribution in [-0.4, -0.2) is 46.9 Å². The molecular weight excluding hydrogens is 280 g/mol. The Morgan fingerprint density at radius 2 is 2.32 bits per heavy atom. The van der Waals surface area contributed by atoms with Crippen LogP contribution in [0.2, 0.25) is 0 Å². The molecule has 1 aliphatic rings. The van der Waals surface area contributed by atoms with Gasteiger partial charge in [0.05, 0.1) is 0 Å². The van der Waals surface area contributed by atoms with E-state index in [1.165, 1.54) is 11.3 Å². The van der Waals surface area contributed by atoms with Gasteiger partial charge in [-0.05, 0) is 33.0 Å². The molecule has 0 saturated carbocycles. The lowest BCUT2D eigenvalue weighted by molar-refractivity contribution is -0.121.